The number of nitrogens with zero attached hydrogens (tertiary/aromatic N) is 1. The number of nitrogens with one attached hydrogen (secondary N) is 1. The van der Waals surface area contributed by atoms with Crippen LogP contribution in [-0.4, -0.2) is 56.9 Å². The molecule has 106 valence electrons. The van der Waals surface area contributed by atoms with E-state index in [9.17, 15) is 8.42 Å². The van der Waals surface area contributed by atoms with Gasteiger partial charge in [0.05, 0.1) is 11.4 Å². The summed E-state index contributed by atoms with van der Waals surface area (Å²) in [6, 6.07) is 0. The Morgan fingerprint density at radius 3 is 2.33 bits per heavy atom. The molecule has 18 heavy (non-hydrogen) atoms. The van der Waals surface area contributed by atoms with E-state index < -0.39 is 10.0 Å². The molecule has 1 N–H and O–H groups in total. The van der Waals surface area contributed by atoms with E-state index >= 15 is 0 Å². The van der Waals surface area contributed by atoms with Crippen molar-refractivity contribution in [2.45, 2.75) is 44.0 Å². The van der Waals surface area contributed by atoms with Crippen LogP contribution in [0.5, 0.6) is 0 Å². The highest BCUT2D eigenvalue weighted by atomic mass is 32.2. The van der Waals surface area contributed by atoms with Crippen molar-refractivity contribution in [3.8, 4) is 0 Å². The summed E-state index contributed by atoms with van der Waals surface area (Å²) in [6.07, 6.45) is 3.40. The first-order valence-corrected chi connectivity index (χ1v) is 8.46. The SMILES string of the molecule is CCOC1CCN(S(=O)(=O)C2CCNCC2)CC1. The molecule has 0 aromatic carbocycles. The molecule has 2 rings (SSSR count). The predicted molar refractivity (Wildman–Crippen MR) is 71.0 cm³/mol. The van der Waals surface area contributed by atoms with E-state index in [0.29, 0.717) is 19.7 Å². The summed E-state index contributed by atoms with van der Waals surface area (Å²) < 4.78 is 32.2. The van der Waals surface area contributed by atoms with E-state index in [1.165, 1.54) is 0 Å². The van der Waals surface area contributed by atoms with E-state index in [1.54, 1.807) is 4.31 Å². The quantitative estimate of drug-likeness (QED) is 0.815. The van der Waals surface area contributed by atoms with Crippen LogP contribution >= 0.6 is 0 Å². The third-order valence-electron chi connectivity index (χ3n) is 3.87. The Bertz CT molecular complexity index is 344. The Balaban J connectivity index is 1.91. The molecule has 6 heteroatoms. The van der Waals surface area contributed by atoms with Crippen LogP contribution in [0.3, 0.4) is 0 Å². The number of ether oxygens (including phenoxy) is 1. The predicted octanol–water partition coefficient (Wildman–Crippen LogP) is 0.569. The maximum absolute atomic E-state index is 12.5. The molecule has 0 aromatic heterocycles. The van der Waals surface area contributed by atoms with E-state index in [4.69, 9.17) is 4.74 Å². The van der Waals surface area contributed by atoms with Crippen LogP contribution in [0, 0.1) is 0 Å². The van der Waals surface area contributed by atoms with E-state index in [0.717, 1.165) is 38.8 Å². The van der Waals surface area contributed by atoms with Gasteiger partial charge in [0.25, 0.3) is 0 Å². The van der Waals surface area contributed by atoms with Gasteiger partial charge < -0.3 is 10.1 Å². The molecule has 0 saturated carbocycles. The van der Waals surface area contributed by atoms with Crippen LogP contribution in [0.4, 0.5) is 0 Å². The molecule has 2 aliphatic rings. The monoisotopic (exact) mass is 276 g/mol. The lowest BCUT2D eigenvalue weighted by Crippen LogP contribution is -2.47. The van der Waals surface area contributed by atoms with Crippen LogP contribution in [0.1, 0.15) is 32.6 Å². The van der Waals surface area contributed by atoms with E-state index in [1.807, 2.05) is 6.92 Å². The highest BCUT2D eigenvalue weighted by Crippen LogP contribution is 2.23. The lowest BCUT2D eigenvalue weighted by Gasteiger charge is -2.34. The maximum Gasteiger partial charge on any atom is 0.217 e. The summed E-state index contributed by atoms with van der Waals surface area (Å²) in [5.41, 5.74) is 0. The second-order valence-electron chi connectivity index (χ2n) is 5.05. The van der Waals surface area contributed by atoms with Gasteiger partial charge in [-0.3, -0.25) is 0 Å². The Morgan fingerprint density at radius 1 is 1.17 bits per heavy atom. The molecule has 2 saturated heterocycles. The third kappa shape index (κ3) is 3.23. The van der Waals surface area contributed by atoms with Crippen molar-refractivity contribution in [3.63, 3.8) is 0 Å². The maximum atomic E-state index is 12.5. The average Bonchev–Trinajstić information content (AvgIpc) is 2.41. The molecule has 0 amide bonds. The fraction of sp³-hybridized carbons (Fsp3) is 1.00. The van der Waals surface area contributed by atoms with Crippen molar-refractivity contribution in [2.24, 2.45) is 0 Å². The molecular formula is C12H24N2O3S. The van der Waals surface area contributed by atoms with Gasteiger partial charge >= 0.3 is 0 Å². The van der Waals surface area contributed by atoms with Crippen molar-refractivity contribution in [3.05, 3.63) is 0 Å². The normalized spacial score (nSPS) is 25.4. The lowest BCUT2D eigenvalue weighted by atomic mass is 10.1. The van der Waals surface area contributed by atoms with Gasteiger partial charge in [0.15, 0.2) is 0 Å². The molecular weight excluding hydrogens is 252 g/mol. The van der Waals surface area contributed by atoms with Gasteiger partial charge in [-0.05, 0) is 45.7 Å². The van der Waals surface area contributed by atoms with Gasteiger partial charge in [-0.2, -0.15) is 0 Å². The van der Waals surface area contributed by atoms with Crippen LogP contribution in [0.2, 0.25) is 0 Å². The Morgan fingerprint density at radius 2 is 1.78 bits per heavy atom. The van der Waals surface area contributed by atoms with Crippen LogP contribution in [0.15, 0.2) is 0 Å². The molecule has 0 aliphatic carbocycles. The molecule has 5 nitrogen and oxygen atoms in total. The van der Waals surface area contributed by atoms with Crippen molar-refractivity contribution in [1.29, 1.82) is 0 Å². The Hall–Kier alpha value is -0.170. The molecule has 2 heterocycles. The zero-order valence-electron chi connectivity index (χ0n) is 11.1. The first-order valence-electron chi connectivity index (χ1n) is 6.96. The van der Waals surface area contributed by atoms with Crippen LogP contribution < -0.4 is 5.32 Å². The molecule has 0 bridgehead atoms. The van der Waals surface area contributed by atoms with E-state index in [-0.39, 0.29) is 11.4 Å². The summed E-state index contributed by atoms with van der Waals surface area (Å²) in [5, 5.41) is 3.03. The molecule has 0 spiro atoms. The van der Waals surface area contributed by atoms with Gasteiger partial charge in [0, 0.05) is 19.7 Å². The molecule has 0 atom stereocenters. The minimum Gasteiger partial charge on any atom is -0.378 e. The summed E-state index contributed by atoms with van der Waals surface area (Å²) in [5.74, 6) is 0. The van der Waals surface area contributed by atoms with Gasteiger partial charge in [-0.15, -0.1) is 0 Å². The van der Waals surface area contributed by atoms with Gasteiger partial charge in [-0.25, -0.2) is 12.7 Å². The minimum absolute atomic E-state index is 0.178. The zero-order chi connectivity index (χ0) is 13.0. The molecule has 0 aromatic rings. The highest BCUT2D eigenvalue weighted by molar-refractivity contribution is 7.89. The van der Waals surface area contributed by atoms with Gasteiger partial charge in [-0.1, -0.05) is 0 Å². The van der Waals surface area contributed by atoms with Crippen molar-refractivity contribution in [2.75, 3.05) is 32.8 Å². The lowest BCUT2D eigenvalue weighted by molar-refractivity contribution is 0.0288. The highest BCUT2D eigenvalue weighted by Gasteiger charge is 2.35. The first kappa shape index (κ1) is 14.2. The summed E-state index contributed by atoms with van der Waals surface area (Å²) in [4.78, 5) is 0. The molecule has 2 fully saturated rings. The smallest absolute Gasteiger partial charge is 0.217 e. The number of hydrogen-bond acceptors (Lipinski definition) is 4. The Labute approximate surface area is 110 Å². The summed E-state index contributed by atoms with van der Waals surface area (Å²) in [6.45, 7) is 5.58. The zero-order valence-corrected chi connectivity index (χ0v) is 11.9. The standard InChI is InChI=1S/C12H24N2O3S/c1-2-17-11-5-9-14(10-6-11)18(15,16)12-3-7-13-8-4-12/h11-13H,2-10H2,1H3. The van der Waals surface area contributed by atoms with E-state index in [2.05, 4.69) is 5.32 Å². The average molecular weight is 276 g/mol. The van der Waals surface area contributed by atoms with Crippen LogP contribution in [-0.2, 0) is 14.8 Å². The number of piperidine rings is 2. The molecule has 0 unspecified atom stereocenters. The summed E-state index contributed by atoms with van der Waals surface area (Å²) in [7, 11) is -3.09. The van der Waals surface area contributed by atoms with Gasteiger partial charge in [0.2, 0.25) is 10.0 Å². The van der Waals surface area contributed by atoms with Gasteiger partial charge in [0.1, 0.15) is 0 Å². The molecule has 2 aliphatic heterocycles. The molecule has 0 radical (unpaired) electrons. The second kappa shape index (κ2) is 6.32. The Kier molecular flexibility index (Phi) is 5.00. The van der Waals surface area contributed by atoms with Crippen molar-refractivity contribution < 1.29 is 13.2 Å². The minimum atomic E-state index is -3.09. The summed E-state index contributed by atoms with van der Waals surface area (Å²) >= 11 is 0. The fourth-order valence-corrected chi connectivity index (χ4v) is 4.77. The second-order valence-corrected chi connectivity index (χ2v) is 7.26. The first-order chi connectivity index (χ1) is 8.64. The topological polar surface area (TPSA) is 58.6 Å². The number of hydrogen-bond donors (Lipinski definition) is 1. The third-order valence-corrected chi connectivity index (χ3v) is 6.27. The van der Waals surface area contributed by atoms with Crippen molar-refractivity contribution >= 4 is 10.0 Å². The number of rotatable bonds is 4. The number of sulfonamides is 1. The van der Waals surface area contributed by atoms with Crippen molar-refractivity contribution in [1.82, 2.24) is 9.62 Å². The fourth-order valence-electron chi connectivity index (χ4n) is 2.79. The van der Waals surface area contributed by atoms with Crippen LogP contribution in [0.25, 0.3) is 0 Å². The largest absolute Gasteiger partial charge is 0.378 e.